The van der Waals surface area contributed by atoms with Crippen LogP contribution in [-0.2, 0) is 17.8 Å². The molecular formula is C17H20ClN3O2. The number of H-pyrrole nitrogens is 1. The number of alkyl halides is 1. The van der Waals surface area contributed by atoms with Crippen molar-refractivity contribution in [2.75, 3.05) is 12.4 Å². The Labute approximate surface area is 139 Å². The summed E-state index contributed by atoms with van der Waals surface area (Å²) in [6, 6.07) is 9.44. The summed E-state index contributed by atoms with van der Waals surface area (Å²) in [5, 5.41) is 3.17. The molecule has 5 nitrogen and oxygen atoms in total. The number of halogens is 1. The van der Waals surface area contributed by atoms with E-state index in [4.69, 9.17) is 11.6 Å². The van der Waals surface area contributed by atoms with E-state index in [1.807, 2.05) is 44.2 Å². The van der Waals surface area contributed by atoms with Gasteiger partial charge in [0.25, 0.3) is 5.56 Å². The zero-order chi connectivity index (χ0) is 16.6. The molecule has 0 atom stereocenters. The van der Waals surface area contributed by atoms with Gasteiger partial charge in [-0.2, -0.15) is 0 Å². The number of benzene rings is 1. The first-order valence-corrected chi connectivity index (χ1v) is 8.21. The van der Waals surface area contributed by atoms with E-state index in [1.165, 1.54) is 0 Å². The first-order valence-electron chi connectivity index (χ1n) is 7.67. The largest absolute Gasteiger partial charge is 0.337 e. The van der Waals surface area contributed by atoms with Gasteiger partial charge in [-0.15, -0.1) is 11.6 Å². The van der Waals surface area contributed by atoms with E-state index in [0.29, 0.717) is 25.1 Å². The molecule has 2 heterocycles. The van der Waals surface area contributed by atoms with Gasteiger partial charge in [-0.3, -0.25) is 14.7 Å². The Hall–Kier alpha value is -2.01. The second-order valence-corrected chi connectivity index (χ2v) is 6.81. The molecule has 122 valence electrons. The Bertz CT molecular complexity index is 777. The van der Waals surface area contributed by atoms with Crippen molar-refractivity contribution in [2.24, 2.45) is 5.41 Å². The number of nitrogens with one attached hydrogen (secondary N) is 1. The Morgan fingerprint density at radius 1 is 1.30 bits per heavy atom. The van der Waals surface area contributed by atoms with Crippen LogP contribution in [0.4, 0.5) is 0 Å². The lowest BCUT2D eigenvalue weighted by molar-refractivity contribution is -0.140. The lowest BCUT2D eigenvalue weighted by Gasteiger charge is -2.32. The molecule has 1 aromatic heterocycles. The van der Waals surface area contributed by atoms with Crippen LogP contribution in [0.3, 0.4) is 0 Å². The minimum Gasteiger partial charge on any atom is -0.337 e. The quantitative estimate of drug-likeness (QED) is 0.876. The fourth-order valence-corrected chi connectivity index (χ4v) is 2.94. The highest BCUT2D eigenvalue weighted by atomic mass is 35.5. The first kappa shape index (κ1) is 15.9. The molecule has 0 bridgehead atoms. The molecule has 3 rings (SSSR count). The predicted octanol–water partition coefficient (Wildman–Crippen LogP) is 2.32. The van der Waals surface area contributed by atoms with Gasteiger partial charge in [0.1, 0.15) is 0 Å². The second-order valence-electron chi connectivity index (χ2n) is 6.54. The van der Waals surface area contributed by atoms with Crippen LogP contribution < -0.4 is 5.56 Å². The average Bonchev–Trinajstić information content (AvgIpc) is 2.91. The van der Waals surface area contributed by atoms with Gasteiger partial charge in [0.2, 0.25) is 5.91 Å². The van der Waals surface area contributed by atoms with E-state index in [-0.39, 0.29) is 17.3 Å². The van der Waals surface area contributed by atoms with Crippen molar-refractivity contribution in [3.63, 3.8) is 0 Å². The third-order valence-electron chi connectivity index (χ3n) is 4.27. The van der Waals surface area contributed by atoms with Gasteiger partial charge in [-0.25, -0.2) is 4.68 Å². The molecule has 1 aliphatic rings. The summed E-state index contributed by atoms with van der Waals surface area (Å²) in [4.78, 5) is 27.0. The summed E-state index contributed by atoms with van der Waals surface area (Å²) in [7, 11) is 0. The highest BCUT2D eigenvalue weighted by Crippen LogP contribution is 2.24. The molecule has 1 N–H and O–H groups in total. The molecule has 2 aromatic rings. The molecule has 1 aliphatic heterocycles. The summed E-state index contributed by atoms with van der Waals surface area (Å²) in [5.41, 5.74) is 1.66. The fourth-order valence-electron chi connectivity index (χ4n) is 2.82. The summed E-state index contributed by atoms with van der Waals surface area (Å²) in [5.74, 6) is 0.251. The van der Waals surface area contributed by atoms with Crippen LogP contribution in [-0.4, -0.2) is 33.0 Å². The van der Waals surface area contributed by atoms with Crippen LogP contribution in [0.25, 0.3) is 5.69 Å². The standard InChI is InChI=1S/C17H20ClN3O2/c1-17(2,11-18)16(23)20-9-8-14-13(10-20)15(22)21(19-14)12-6-4-3-5-7-12/h3-7,19H,8-11H2,1-2H3. The number of hydrogen-bond donors (Lipinski definition) is 1. The lowest BCUT2D eigenvalue weighted by Crippen LogP contribution is -2.45. The fraction of sp³-hybridized carbons (Fsp3) is 0.412. The number of para-hydroxylation sites is 1. The number of carbonyl (C=O) groups is 1. The third kappa shape index (κ3) is 2.81. The molecule has 0 fully saturated rings. The van der Waals surface area contributed by atoms with Gasteiger partial charge < -0.3 is 4.90 Å². The normalized spacial score (nSPS) is 14.7. The van der Waals surface area contributed by atoms with Crippen LogP contribution in [0.5, 0.6) is 0 Å². The zero-order valence-electron chi connectivity index (χ0n) is 13.3. The van der Waals surface area contributed by atoms with Crippen LogP contribution in [0.2, 0.25) is 0 Å². The van der Waals surface area contributed by atoms with Crippen molar-refractivity contribution in [3.8, 4) is 5.69 Å². The van der Waals surface area contributed by atoms with Crippen molar-refractivity contribution in [1.82, 2.24) is 14.7 Å². The van der Waals surface area contributed by atoms with Crippen molar-refractivity contribution < 1.29 is 4.79 Å². The molecule has 0 saturated carbocycles. The van der Waals surface area contributed by atoms with Crippen LogP contribution in [0, 0.1) is 5.41 Å². The molecule has 0 unspecified atom stereocenters. The smallest absolute Gasteiger partial charge is 0.276 e. The lowest BCUT2D eigenvalue weighted by atomic mass is 9.93. The summed E-state index contributed by atoms with van der Waals surface area (Å²) < 4.78 is 1.55. The highest BCUT2D eigenvalue weighted by molar-refractivity contribution is 6.19. The maximum atomic E-state index is 12.7. The van der Waals surface area contributed by atoms with Crippen LogP contribution in [0.15, 0.2) is 35.1 Å². The van der Waals surface area contributed by atoms with Crippen molar-refractivity contribution >= 4 is 17.5 Å². The van der Waals surface area contributed by atoms with Gasteiger partial charge in [-0.1, -0.05) is 18.2 Å². The van der Waals surface area contributed by atoms with E-state index in [9.17, 15) is 9.59 Å². The van der Waals surface area contributed by atoms with Crippen molar-refractivity contribution in [2.45, 2.75) is 26.8 Å². The Morgan fingerprint density at radius 2 is 2.00 bits per heavy atom. The van der Waals surface area contributed by atoms with Crippen LogP contribution in [0.1, 0.15) is 25.1 Å². The van der Waals surface area contributed by atoms with Gasteiger partial charge in [0.15, 0.2) is 0 Å². The van der Waals surface area contributed by atoms with E-state index in [0.717, 1.165) is 11.4 Å². The first-order chi connectivity index (χ1) is 10.9. The van der Waals surface area contributed by atoms with Crippen molar-refractivity contribution in [1.29, 1.82) is 0 Å². The predicted molar refractivity (Wildman–Crippen MR) is 90.0 cm³/mol. The zero-order valence-corrected chi connectivity index (χ0v) is 14.1. The topological polar surface area (TPSA) is 58.1 Å². The minimum atomic E-state index is -0.617. The molecule has 6 heteroatoms. The number of nitrogens with zero attached hydrogens (tertiary/aromatic N) is 2. The van der Waals surface area contributed by atoms with Gasteiger partial charge >= 0.3 is 0 Å². The molecule has 0 aliphatic carbocycles. The molecule has 0 spiro atoms. The highest BCUT2D eigenvalue weighted by Gasteiger charge is 2.34. The maximum absolute atomic E-state index is 12.7. The minimum absolute atomic E-state index is 0.00925. The SMILES string of the molecule is CC(C)(CCl)C(=O)N1CCc2[nH]n(-c3ccccc3)c(=O)c2C1. The number of rotatable bonds is 3. The number of carbonyl (C=O) groups excluding carboxylic acids is 1. The number of fused-ring (bicyclic) bond motifs is 1. The van der Waals surface area contributed by atoms with E-state index < -0.39 is 5.41 Å². The Morgan fingerprint density at radius 3 is 2.65 bits per heavy atom. The maximum Gasteiger partial charge on any atom is 0.276 e. The Kier molecular flexibility index (Phi) is 4.06. The second kappa shape index (κ2) is 5.89. The number of aromatic amines is 1. The van der Waals surface area contributed by atoms with E-state index >= 15 is 0 Å². The van der Waals surface area contributed by atoms with E-state index in [2.05, 4.69) is 5.10 Å². The summed E-state index contributed by atoms with van der Waals surface area (Å²) >= 11 is 5.90. The summed E-state index contributed by atoms with van der Waals surface area (Å²) in [6.07, 6.45) is 0.647. The third-order valence-corrected chi connectivity index (χ3v) is 4.94. The van der Waals surface area contributed by atoms with Crippen LogP contribution >= 0.6 is 11.6 Å². The molecule has 1 amide bonds. The van der Waals surface area contributed by atoms with Crippen molar-refractivity contribution in [3.05, 3.63) is 51.9 Å². The van der Waals surface area contributed by atoms with Gasteiger partial charge in [0.05, 0.1) is 23.2 Å². The number of hydrogen-bond acceptors (Lipinski definition) is 2. The van der Waals surface area contributed by atoms with Gasteiger partial charge in [0, 0.05) is 24.5 Å². The molecule has 23 heavy (non-hydrogen) atoms. The number of amides is 1. The monoisotopic (exact) mass is 333 g/mol. The van der Waals surface area contributed by atoms with E-state index in [1.54, 1.807) is 9.58 Å². The Balaban J connectivity index is 1.92. The number of aromatic nitrogens is 2. The molecular weight excluding hydrogens is 314 g/mol. The molecule has 0 saturated heterocycles. The molecule has 1 aromatic carbocycles. The summed E-state index contributed by atoms with van der Waals surface area (Å²) in [6.45, 7) is 4.60. The average molecular weight is 334 g/mol. The van der Waals surface area contributed by atoms with Gasteiger partial charge in [-0.05, 0) is 26.0 Å². The molecule has 0 radical (unpaired) electrons.